The van der Waals surface area contributed by atoms with E-state index in [-0.39, 0.29) is 6.42 Å². The molecule has 0 bridgehead atoms. The normalized spacial score (nSPS) is 12.4. The van der Waals surface area contributed by atoms with Crippen LogP contribution in [0.25, 0.3) is 0 Å². The lowest BCUT2D eigenvalue weighted by Crippen LogP contribution is -2.47. The second kappa shape index (κ2) is 8.84. The maximum Gasteiger partial charge on any atom is 0.248 e. The van der Waals surface area contributed by atoms with Crippen LogP contribution in [0.2, 0.25) is 5.02 Å². The number of carbonyl (C=O) groups excluding carboxylic acids is 1. The number of ether oxygens (including phenoxy) is 1. The number of nitrogens with zero attached hydrogens (tertiary/aromatic N) is 1. The predicted octanol–water partition coefficient (Wildman–Crippen LogP) is 4.15. The molecule has 1 amide bonds. The van der Waals surface area contributed by atoms with E-state index in [9.17, 15) is 13.2 Å². The van der Waals surface area contributed by atoms with Crippen molar-refractivity contribution in [3.05, 3.63) is 52.5 Å². The fraction of sp³-hybridized carbons (Fsp3) is 0.350. The number of nitrogens with one attached hydrogen (secondary N) is 1. The Hall–Kier alpha value is -2.25. The molecule has 6 nitrogen and oxygen atoms in total. The Bertz CT molecular complexity index is 976. The summed E-state index contributed by atoms with van der Waals surface area (Å²) >= 11 is 6.02. The van der Waals surface area contributed by atoms with Crippen LogP contribution in [-0.4, -0.2) is 33.7 Å². The first-order valence-electron chi connectivity index (χ1n) is 8.79. The highest BCUT2D eigenvalue weighted by atomic mass is 35.5. The van der Waals surface area contributed by atoms with Gasteiger partial charge in [0.15, 0.2) is 0 Å². The van der Waals surface area contributed by atoms with Gasteiger partial charge in [-0.1, -0.05) is 24.6 Å². The molecule has 0 aliphatic carbocycles. The summed E-state index contributed by atoms with van der Waals surface area (Å²) in [6.07, 6.45) is 1.38. The molecule has 0 spiro atoms. The average Bonchev–Trinajstić information content (AvgIpc) is 2.61. The topological polar surface area (TPSA) is 75.7 Å². The van der Waals surface area contributed by atoms with Gasteiger partial charge in [-0.25, -0.2) is 8.42 Å². The Morgan fingerprint density at radius 2 is 1.86 bits per heavy atom. The standard InChI is InChI=1S/C20H25ClN2O4S/c1-6-18(20(24)22-17-12-15(21)8-10-19(17)27-4)23(28(5,25)26)16-9-7-13(2)14(3)11-16/h7-12,18H,6H2,1-5H3,(H,22,24). The minimum Gasteiger partial charge on any atom is -0.495 e. The molecule has 28 heavy (non-hydrogen) atoms. The van der Waals surface area contributed by atoms with Crippen molar-refractivity contribution >= 4 is 38.9 Å². The molecule has 8 heteroatoms. The maximum atomic E-state index is 13.0. The van der Waals surface area contributed by atoms with Gasteiger partial charge >= 0.3 is 0 Å². The van der Waals surface area contributed by atoms with E-state index in [1.807, 2.05) is 19.9 Å². The maximum absolute atomic E-state index is 13.0. The van der Waals surface area contributed by atoms with Gasteiger partial charge in [-0.2, -0.15) is 0 Å². The highest BCUT2D eigenvalue weighted by molar-refractivity contribution is 7.92. The minimum absolute atomic E-state index is 0.286. The third kappa shape index (κ3) is 4.97. The van der Waals surface area contributed by atoms with Crippen LogP contribution in [-0.2, 0) is 14.8 Å². The summed E-state index contributed by atoms with van der Waals surface area (Å²) in [5, 5.41) is 3.18. The molecule has 0 aliphatic rings. The fourth-order valence-electron chi connectivity index (χ4n) is 2.92. The molecule has 0 aromatic heterocycles. The van der Waals surface area contributed by atoms with E-state index in [0.29, 0.717) is 22.1 Å². The zero-order chi connectivity index (χ0) is 21.1. The van der Waals surface area contributed by atoms with E-state index in [1.54, 1.807) is 37.3 Å². The van der Waals surface area contributed by atoms with Gasteiger partial charge in [0.25, 0.3) is 0 Å². The van der Waals surface area contributed by atoms with Gasteiger partial charge in [-0.15, -0.1) is 0 Å². The first-order chi connectivity index (χ1) is 13.1. The van der Waals surface area contributed by atoms with Gasteiger partial charge < -0.3 is 10.1 Å². The quantitative estimate of drug-likeness (QED) is 0.724. The van der Waals surface area contributed by atoms with Crippen LogP contribution in [0.1, 0.15) is 24.5 Å². The average molecular weight is 425 g/mol. The van der Waals surface area contributed by atoms with Crippen molar-refractivity contribution < 1.29 is 17.9 Å². The predicted molar refractivity (Wildman–Crippen MR) is 114 cm³/mol. The minimum atomic E-state index is -3.70. The van der Waals surface area contributed by atoms with Crippen molar-refractivity contribution in [2.45, 2.75) is 33.2 Å². The van der Waals surface area contributed by atoms with Crippen LogP contribution in [0.3, 0.4) is 0 Å². The van der Waals surface area contributed by atoms with Crippen LogP contribution >= 0.6 is 11.6 Å². The number of aryl methyl sites for hydroxylation is 2. The number of methoxy groups -OCH3 is 1. The lowest BCUT2D eigenvalue weighted by molar-refractivity contribution is -0.117. The molecule has 2 aromatic carbocycles. The van der Waals surface area contributed by atoms with Crippen molar-refractivity contribution in [2.75, 3.05) is 23.0 Å². The summed E-state index contributed by atoms with van der Waals surface area (Å²) in [4.78, 5) is 13.0. The van der Waals surface area contributed by atoms with Gasteiger partial charge in [-0.05, 0) is 61.7 Å². The monoisotopic (exact) mass is 424 g/mol. The van der Waals surface area contributed by atoms with E-state index in [2.05, 4.69) is 5.32 Å². The number of benzene rings is 2. The van der Waals surface area contributed by atoms with Crippen molar-refractivity contribution in [3.8, 4) is 5.75 Å². The number of sulfonamides is 1. The smallest absolute Gasteiger partial charge is 0.248 e. The molecule has 1 unspecified atom stereocenters. The molecular weight excluding hydrogens is 400 g/mol. The molecule has 0 heterocycles. The Balaban J connectivity index is 2.45. The Morgan fingerprint density at radius 1 is 1.18 bits per heavy atom. The summed E-state index contributed by atoms with van der Waals surface area (Å²) < 4.78 is 31.5. The third-order valence-corrected chi connectivity index (χ3v) is 5.91. The Morgan fingerprint density at radius 3 is 2.39 bits per heavy atom. The summed E-state index contributed by atoms with van der Waals surface area (Å²) in [6.45, 7) is 5.61. The van der Waals surface area contributed by atoms with Crippen molar-refractivity contribution in [3.63, 3.8) is 0 Å². The largest absolute Gasteiger partial charge is 0.495 e. The number of hydrogen-bond acceptors (Lipinski definition) is 4. The van der Waals surface area contributed by atoms with Gasteiger partial charge in [0.2, 0.25) is 15.9 Å². The van der Waals surface area contributed by atoms with E-state index in [0.717, 1.165) is 21.7 Å². The molecule has 0 radical (unpaired) electrons. The van der Waals surface area contributed by atoms with Gasteiger partial charge in [0.05, 0.1) is 24.7 Å². The summed E-state index contributed by atoms with van der Waals surface area (Å²) in [5.41, 5.74) is 2.81. The summed E-state index contributed by atoms with van der Waals surface area (Å²) in [6, 6.07) is 9.23. The molecule has 1 N–H and O–H groups in total. The second-order valence-corrected chi connectivity index (χ2v) is 8.88. The number of carbonyl (C=O) groups is 1. The highest BCUT2D eigenvalue weighted by Gasteiger charge is 2.32. The van der Waals surface area contributed by atoms with Crippen LogP contribution in [0, 0.1) is 13.8 Å². The summed E-state index contributed by atoms with van der Waals surface area (Å²) in [5.74, 6) is -0.0311. The molecule has 2 rings (SSSR count). The SMILES string of the molecule is CCC(C(=O)Nc1cc(Cl)ccc1OC)N(c1ccc(C)c(C)c1)S(C)(=O)=O. The van der Waals surface area contributed by atoms with Crippen LogP contribution in [0.4, 0.5) is 11.4 Å². The van der Waals surface area contributed by atoms with E-state index in [4.69, 9.17) is 16.3 Å². The molecule has 152 valence electrons. The molecule has 0 fully saturated rings. The third-order valence-electron chi connectivity index (χ3n) is 4.49. The van der Waals surface area contributed by atoms with Crippen LogP contribution in [0.15, 0.2) is 36.4 Å². The van der Waals surface area contributed by atoms with Crippen molar-refractivity contribution in [2.24, 2.45) is 0 Å². The molecular formula is C20H25ClN2O4S. The van der Waals surface area contributed by atoms with Gasteiger partial charge in [0, 0.05) is 5.02 Å². The first kappa shape index (κ1) is 22.0. The second-order valence-electron chi connectivity index (χ2n) is 6.59. The van der Waals surface area contributed by atoms with E-state index in [1.165, 1.54) is 7.11 Å². The zero-order valence-electron chi connectivity index (χ0n) is 16.6. The number of halogens is 1. The van der Waals surface area contributed by atoms with Gasteiger partial charge in [-0.3, -0.25) is 9.10 Å². The molecule has 2 aromatic rings. The molecule has 1 atom stereocenters. The van der Waals surface area contributed by atoms with Crippen LogP contribution in [0.5, 0.6) is 5.75 Å². The Labute approximate surface area is 171 Å². The molecule has 0 saturated heterocycles. The number of anilines is 2. The van der Waals surface area contributed by atoms with Crippen molar-refractivity contribution in [1.82, 2.24) is 0 Å². The lowest BCUT2D eigenvalue weighted by Gasteiger charge is -2.30. The number of amides is 1. The zero-order valence-corrected chi connectivity index (χ0v) is 18.2. The van der Waals surface area contributed by atoms with Gasteiger partial charge in [0.1, 0.15) is 11.8 Å². The van der Waals surface area contributed by atoms with E-state index >= 15 is 0 Å². The fourth-order valence-corrected chi connectivity index (χ4v) is 4.29. The number of hydrogen-bond donors (Lipinski definition) is 1. The van der Waals surface area contributed by atoms with Crippen molar-refractivity contribution in [1.29, 1.82) is 0 Å². The summed E-state index contributed by atoms with van der Waals surface area (Å²) in [7, 11) is -2.22. The van der Waals surface area contributed by atoms with E-state index < -0.39 is 22.0 Å². The van der Waals surface area contributed by atoms with Crippen LogP contribution < -0.4 is 14.4 Å². The lowest BCUT2D eigenvalue weighted by atomic mass is 10.1. The molecule has 0 aliphatic heterocycles. The Kier molecular flexibility index (Phi) is 6.96. The molecule has 0 saturated carbocycles. The first-order valence-corrected chi connectivity index (χ1v) is 11.0. The highest BCUT2D eigenvalue weighted by Crippen LogP contribution is 2.30. The number of rotatable bonds is 7.